The highest BCUT2D eigenvalue weighted by Gasteiger charge is 2.28. The summed E-state index contributed by atoms with van der Waals surface area (Å²) in [5.41, 5.74) is 7.47. The van der Waals surface area contributed by atoms with Gasteiger partial charge in [0.15, 0.2) is 0 Å². The van der Waals surface area contributed by atoms with Crippen molar-refractivity contribution in [3.05, 3.63) is 34.3 Å². The molecule has 0 spiro atoms. The molecule has 1 aliphatic rings. The maximum atomic E-state index is 12.6. The fourth-order valence-corrected chi connectivity index (χ4v) is 2.81. The van der Waals surface area contributed by atoms with Gasteiger partial charge in [-0.3, -0.25) is 4.79 Å². The Labute approximate surface area is 119 Å². The Morgan fingerprint density at radius 1 is 1.53 bits per heavy atom. The van der Waals surface area contributed by atoms with Gasteiger partial charge < -0.3 is 10.6 Å². The molecule has 19 heavy (non-hydrogen) atoms. The van der Waals surface area contributed by atoms with E-state index in [9.17, 15) is 4.79 Å². The Balaban J connectivity index is 2.18. The fourth-order valence-electron chi connectivity index (χ4n) is 2.64. The molecular weight excluding hydrogens is 260 g/mol. The van der Waals surface area contributed by atoms with Crippen molar-refractivity contribution in [2.24, 2.45) is 17.6 Å². The topological polar surface area (TPSA) is 46.3 Å². The van der Waals surface area contributed by atoms with Crippen LogP contribution in [0.15, 0.2) is 18.2 Å². The Morgan fingerprint density at radius 2 is 2.26 bits per heavy atom. The van der Waals surface area contributed by atoms with Gasteiger partial charge in [-0.2, -0.15) is 0 Å². The maximum absolute atomic E-state index is 12.6. The number of piperidine rings is 1. The first-order valence-corrected chi connectivity index (χ1v) is 7.16. The molecule has 3 nitrogen and oxygen atoms in total. The van der Waals surface area contributed by atoms with Gasteiger partial charge in [0.2, 0.25) is 0 Å². The van der Waals surface area contributed by atoms with Crippen LogP contribution in [-0.2, 0) is 0 Å². The summed E-state index contributed by atoms with van der Waals surface area (Å²) < 4.78 is 0. The number of nitrogens with zero attached hydrogens (tertiary/aromatic N) is 1. The van der Waals surface area contributed by atoms with Crippen molar-refractivity contribution >= 4 is 17.5 Å². The van der Waals surface area contributed by atoms with Crippen molar-refractivity contribution in [1.82, 2.24) is 4.90 Å². The number of likely N-dealkylation sites (tertiary alicyclic amines) is 1. The SMILES string of the molecule is Cc1ccc(Cl)cc1C(=O)N1CCC(C)C(CN)C1. The molecule has 1 aromatic rings. The largest absolute Gasteiger partial charge is 0.338 e. The van der Waals surface area contributed by atoms with E-state index >= 15 is 0 Å². The number of carbonyl (C=O) groups excluding carboxylic acids is 1. The molecule has 0 aromatic heterocycles. The van der Waals surface area contributed by atoms with E-state index in [0.717, 1.165) is 25.1 Å². The molecule has 2 atom stereocenters. The van der Waals surface area contributed by atoms with Crippen LogP contribution >= 0.6 is 11.6 Å². The van der Waals surface area contributed by atoms with E-state index in [2.05, 4.69) is 6.92 Å². The van der Waals surface area contributed by atoms with Gasteiger partial charge in [0, 0.05) is 23.7 Å². The van der Waals surface area contributed by atoms with Crippen molar-refractivity contribution in [3.63, 3.8) is 0 Å². The number of carbonyl (C=O) groups is 1. The molecule has 1 amide bonds. The van der Waals surface area contributed by atoms with E-state index in [1.54, 1.807) is 6.07 Å². The third-order valence-corrected chi connectivity index (χ3v) is 4.37. The van der Waals surface area contributed by atoms with Gasteiger partial charge in [-0.15, -0.1) is 0 Å². The molecule has 0 radical (unpaired) electrons. The molecule has 2 N–H and O–H groups in total. The van der Waals surface area contributed by atoms with Crippen LogP contribution in [0.4, 0.5) is 0 Å². The monoisotopic (exact) mass is 280 g/mol. The lowest BCUT2D eigenvalue weighted by Crippen LogP contribution is -2.45. The summed E-state index contributed by atoms with van der Waals surface area (Å²) in [6.45, 7) is 6.35. The Hall–Kier alpha value is -1.06. The van der Waals surface area contributed by atoms with E-state index in [-0.39, 0.29) is 5.91 Å². The minimum absolute atomic E-state index is 0.0744. The first-order valence-electron chi connectivity index (χ1n) is 6.78. The van der Waals surface area contributed by atoms with Crippen LogP contribution in [0.1, 0.15) is 29.3 Å². The number of hydrogen-bond donors (Lipinski definition) is 1. The van der Waals surface area contributed by atoms with E-state index in [1.165, 1.54) is 0 Å². The Bertz CT molecular complexity index is 475. The summed E-state index contributed by atoms with van der Waals surface area (Å²) in [6, 6.07) is 5.46. The molecule has 1 heterocycles. The van der Waals surface area contributed by atoms with Gasteiger partial charge in [-0.05, 0) is 49.4 Å². The van der Waals surface area contributed by atoms with Gasteiger partial charge in [-0.1, -0.05) is 24.6 Å². The first-order chi connectivity index (χ1) is 9.02. The van der Waals surface area contributed by atoms with Crippen molar-refractivity contribution in [2.75, 3.05) is 19.6 Å². The molecule has 0 aliphatic carbocycles. The van der Waals surface area contributed by atoms with Crippen molar-refractivity contribution in [2.45, 2.75) is 20.3 Å². The van der Waals surface area contributed by atoms with Crippen molar-refractivity contribution in [3.8, 4) is 0 Å². The highest BCUT2D eigenvalue weighted by Crippen LogP contribution is 2.25. The lowest BCUT2D eigenvalue weighted by atomic mass is 9.87. The lowest BCUT2D eigenvalue weighted by Gasteiger charge is -2.36. The number of benzene rings is 1. The van der Waals surface area contributed by atoms with Crippen LogP contribution in [-0.4, -0.2) is 30.4 Å². The molecule has 0 saturated carbocycles. The van der Waals surface area contributed by atoms with E-state index in [0.29, 0.717) is 29.0 Å². The quantitative estimate of drug-likeness (QED) is 0.905. The van der Waals surface area contributed by atoms with Crippen molar-refractivity contribution in [1.29, 1.82) is 0 Å². The Morgan fingerprint density at radius 3 is 2.95 bits per heavy atom. The van der Waals surface area contributed by atoms with Gasteiger partial charge in [0.05, 0.1) is 0 Å². The second kappa shape index (κ2) is 5.93. The number of hydrogen-bond acceptors (Lipinski definition) is 2. The molecule has 1 saturated heterocycles. The molecule has 2 unspecified atom stereocenters. The molecular formula is C15H21ClN2O. The summed E-state index contributed by atoms with van der Waals surface area (Å²) >= 11 is 5.99. The number of rotatable bonds is 2. The average Bonchev–Trinajstić information content (AvgIpc) is 2.41. The van der Waals surface area contributed by atoms with Gasteiger partial charge in [0.25, 0.3) is 5.91 Å². The number of nitrogens with two attached hydrogens (primary N) is 1. The third kappa shape index (κ3) is 3.10. The van der Waals surface area contributed by atoms with Crippen LogP contribution in [0.25, 0.3) is 0 Å². The van der Waals surface area contributed by atoms with Gasteiger partial charge in [-0.25, -0.2) is 0 Å². The van der Waals surface area contributed by atoms with Crippen molar-refractivity contribution < 1.29 is 4.79 Å². The fraction of sp³-hybridized carbons (Fsp3) is 0.533. The predicted octanol–water partition coefficient (Wildman–Crippen LogP) is 2.71. The number of halogens is 1. The zero-order chi connectivity index (χ0) is 14.0. The van der Waals surface area contributed by atoms with Gasteiger partial charge in [0.1, 0.15) is 0 Å². The van der Waals surface area contributed by atoms with E-state index < -0.39 is 0 Å². The minimum atomic E-state index is 0.0744. The Kier molecular flexibility index (Phi) is 4.48. The standard InChI is InChI=1S/C15H21ClN2O/c1-10-5-6-18(9-12(10)8-17)15(19)14-7-13(16)4-3-11(14)2/h3-4,7,10,12H,5-6,8-9,17H2,1-2H3. The number of amides is 1. The molecule has 104 valence electrons. The van der Waals surface area contributed by atoms with E-state index in [1.807, 2.05) is 24.0 Å². The van der Waals surface area contributed by atoms with Crippen LogP contribution in [0.2, 0.25) is 5.02 Å². The van der Waals surface area contributed by atoms with Gasteiger partial charge >= 0.3 is 0 Å². The second-order valence-corrected chi connectivity index (χ2v) is 5.91. The minimum Gasteiger partial charge on any atom is -0.338 e. The molecule has 0 bridgehead atoms. The summed E-state index contributed by atoms with van der Waals surface area (Å²) in [5.74, 6) is 1.07. The van der Waals surface area contributed by atoms with Crippen LogP contribution in [0, 0.1) is 18.8 Å². The molecule has 4 heteroatoms. The third-order valence-electron chi connectivity index (χ3n) is 4.13. The smallest absolute Gasteiger partial charge is 0.254 e. The summed E-state index contributed by atoms with van der Waals surface area (Å²) in [4.78, 5) is 14.5. The molecule has 1 aliphatic heterocycles. The zero-order valence-corrected chi connectivity index (χ0v) is 12.3. The molecule has 2 rings (SSSR count). The predicted molar refractivity (Wildman–Crippen MR) is 78.4 cm³/mol. The van der Waals surface area contributed by atoms with Crippen LogP contribution in [0.5, 0.6) is 0 Å². The second-order valence-electron chi connectivity index (χ2n) is 5.47. The highest BCUT2D eigenvalue weighted by atomic mass is 35.5. The molecule has 1 aromatic carbocycles. The van der Waals surface area contributed by atoms with Crippen LogP contribution in [0.3, 0.4) is 0 Å². The lowest BCUT2D eigenvalue weighted by molar-refractivity contribution is 0.0618. The van der Waals surface area contributed by atoms with E-state index in [4.69, 9.17) is 17.3 Å². The molecule has 1 fully saturated rings. The number of aryl methyl sites for hydroxylation is 1. The summed E-state index contributed by atoms with van der Waals surface area (Å²) in [7, 11) is 0. The van der Waals surface area contributed by atoms with Crippen LogP contribution < -0.4 is 5.73 Å². The summed E-state index contributed by atoms with van der Waals surface area (Å²) in [6.07, 6.45) is 1.02. The first kappa shape index (κ1) is 14.4. The normalized spacial score (nSPS) is 23.5. The average molecular weight is 281 g/mol. The highest BCUT2D eigenvalue weighted by molar-refractivity contribution is 6.31. The summed E-state index contributed by atoms with van der Waals surface area (Å²) in [5, 5.41) is 0.606. The maximum Gasteiger partial charge on any atom is 0.254 e. The zero-order valence-electron chi connectivity index (χ0n) is 11.5.